The summed E-state index contributed by atoms with van der Waals surface area (Å²) in [6.45, 7) is 10.2. The molecule has 0 aromatic carbocycles. The molecule has 0 spiro atoms. The van der Waals surface area contributed by atoms with E-state index in [-0.39, 0.29) is 11.2 Å². The van der Waals surface area contributed by atoms with Crippen LogP contribution in [0.25, 0.3) is 0 Å². The van der Waals surface area contributed by atoms with Crippen LogP contribution < -0.4 is 0 Å². The maximum absolute atomic E-state index is 11.3. The molecule has 0 saturated heterocycles. The molecule has 0 radical (unpaired) electrons. The van der Waals surface area contributed by atoms with Gasteiger partial charge < -0.3 is 9.84 Å². The van der Waals surface area contributed by atoms with Crippen LogP contribution in [0, 0.1) is 6.92 Å². The standard InChI is InChI=1S/C14H22N2O3S/c1-6-10-15-9(2)11(13(17)18)12(16-10)20-8-7-19-14(3,4)5/h6-8H2,1-5H3,(H,17,18). The predicted octanol–water partition coefficient (Wildman–Crippen LogP) is 2.95. The quantitative estimate of drug-likeness (QED) is 0.494. The highest BCUT2D eigenvalue weighted by Crippen LogP contribution is 2.23. The summed E-state index contributed by atoms with van der Waals surface area (Å²) in [5.74, 6) is 0.355. The number of hydrogen-bond donors (Lipinski definition) is 1. The lowest BCUT2D eigenvalue weighted by Gasteiger charge is -2.19. The molecule has 112 valence electrons. The van der Waals surface area contributed by atoms with Crippen LogP contribution in [0.5, 0.6) is 0 Å². The van der Waals surface area contributed by atoms with Gasteiger partial charge in [0, 0.05) is 12.2 Å². The molecule has 0 aliphatic carbocycles. The second-order valence-electron chi connectivity index (χ2n) is 5.37. The van der Waals surface area contributed by atoms with E-state index in [1.165, 1.54) is 11.8 Å². The third-order valence-electron chi connectivity index (χ3n) is 2.49. The number of hydrogen-bond acceptors (Lipinski definition) is 5. The lowest BCUT2D eigenvalue weighted by molar-refractivity contribution is 0.00692. The van der Waals surface area contributed by atoms with Crippen LogP contribution in [0.3, 0.4) is 0 Å². The Balaban J connectivity index is 2.82. The van der Waals surface area contributed by atoms with Gasteiger partial charge in [-0.25, -0.2) is 14.8 Å². The maximum atomic E-state index is 11.3. The molecule has 0 fully saturated rings. The van der Waals surface area contributed by atoms with Crippen molar-refractivity contribution in [2.45, 2.75) is 51.7 Å². The second-order valence-corrected chi connectivity index (χ2v) is 6.46. The number of rotatable bonds is 6. The third-order valence-corrected chi connectivity index (χ3v) is 3.43. The van der Waals surface area contributed by atoms with Gasteiger partial charge in [-0.15, -0.1) is 11.8 Å². The maximum Gasteiger partial charge on any atom is 0.340 e. The summed E-state index contributed by atoms with van der Waals surface area (Å²) in [6.07, 6.45) is 0.687. The van der Waals surface area contributed by atoms with Gasteiger partial charge in [0.2, 0.25) is 0 Å². The van der Waals surface area contributed by atoms with Crippen LogP contribution in [0.4, 0.5) is 0 Å². The normalized spacial score (nSPS) is 11.7. The van der Waals surface area contributed by atoms with Crippen LogP contribution in [-0.4, -0.2) is 39.0 Å². The lowest BCUT2D eigenvalue weighted by Crippen LogP contribution is -2.20. The van der Waals surface area contributed by atoms with Gasteiger partial charge in [0.15, 0.2) is 0 Å². The van der Waals surface area contributed by atoms with Gasteiger partial charge >= 0.3 is 5.97 Å². The molecule has 0 aliphatic rings. The van der Waals surface area contributed by atoms with Crippen molar-refractivity contribution < 1.29 is 14.6 Å². The fraction of sp³-hybridized carbons (Fsp3) is 0.643. The fourth-order valence-electron chi connectivity index (χ4n) is 1.60. The molecule has 20 heavy (non-hydrogen) atoms. The number of aromatic carboxylic acids is 1. The smallest absolute Gasteiger partial charge is 0.340 e. The number of carboxylic acids is 1. The van der Waals surface area contributed by atoms with E-state index in [2.05, 4.69) is 9.97 Å². The summed E-state index contributed by atoms with van der Waals surface area (Å²) in [5.41, 5.74) is 0.526. The van der Waals surface area contributed by atoms with Gasteiger partial charge in [0.25, 0.3) is 0 Å². The molecular formula is C14H22N2O3S. The van der Waals surface area contributed by atoms with Crippen molar-refractivity contribution in [3.63, 3.8) is 0 Å². The number of nitrogens with zero attached hydrogens (tertiary/aromatic N) is 2. The highest BCUT2D eigenvalue weighted by Gasteiger charge is 2.18. The Labute approximate surface area is 124 Å². The van der Waals surface area contributed by atoms with Crippen LogP contribution >= 0.6 is 11.8 Å². The van der Waals surface area contributed by atoms with Crippen molar-refractivity contribution in [1.82, 2.24) is 9.97 Å². The van der Waals surface area contributed by atoms with E-state index >= 15 is 0 Å². The van der Waals surface area contributed by atoms with Crippen LogP contribution in [0.1, 0.15) is 49.6 Å². The number of carbonyl (C=O) groups is 1. The second kappa shape index (κ2) is 7.04. The first-order valence-corrected chi connectivity index (χ1v) is 7.60. The molecule has 1 aromatic heterocycles. The van der Waals surface area contributed by atoms with Crippen molar-refractivity contribution >= 4 is 17.7 Å². The predicted molar refractivity (Wildman–Crippen MR) is 79.5 cm³/mol. The Morgan fingerprint density at radius 3 is 2.50 bits per heavy atom. The number of ether oxygens (including phenoxy) is 1. The first-order chi connectivity index (χ1) is 9.24. The minimum atomic E-state index is -0.982. The van der Waals surface area contributed by atoms with Gasteiger partial charge in [0.05, 0.1) is 17.9 Å². The third kappa shape index (κ3) is 5.09. The SMILES string of the molecule is CCc1nc(C)c(C(=O)O)c(SCCOC(C)(C)C)n1. The Morgan fingerprint density at radius 1 is 1.35 bits per heavy atom. The highest BCUT2D eigenvalue weighted by molar-refractivity contribution is 7.99. The number of aromatic nitrogens is 2. The van der Waals surface area contributed by atoms with E-state index in [9.17, 15) is 9.90 Å². The average molecular weight is 298 g/mol. The van der Waals surface area contributed by atoms with Crippen LogP contribution in [0.15, 0.2) is 5.03 Å². The van der Waals surface area contributed by atoms with E-state index in [1.54, 1.807) is 6.92 Å². The van der Waals surface area contributed by atoms with E-state index < -0.39 is 5.97 Å². The summed E-state index contributed by atoms with van der Waals surface area (Å²) >= 11 is 1.40. The molecule has 1 aromatic rings. The highest BCUT2D eigenvalue weighted by atomic mass is 32.2. The van der Waals surface area contributed by atoms with E-state index in [1.807, 2.05) is 27.7 Å². The molecule has 0 unspecified atom stereocenters. The largest absolute Gasteiger partial charge is 0.478 e. The zero-order valence-corrected chi connectivity index (χ0v) is 13.5. The van der Waals surface area contributed by atoms with Crippen LogP contribution in [0.2, 0.25) is 0 Å². The van der Waals surface area contributed by atoms with Crippen molar-refractivity contribution in [3.05, 3.63) is 17.1 Å². The molecule has 1 heterocycles. The molecule has 6 heteroatoms. The zero-order valence-electron chi connectivity index (χ0n) is 12.7. The minimum Gasteiger partial charge on any atom is -0.478 e. The van der Waals surface area contributed by atoms with Gasteiger partial charge in [-0.05, 0) is 27.7 Å². The summed E-state index contributed by atoms with van der Waals surface area (Å²) in [7, 11) is 0. The molecule has 0 bridgehead atoms. The average Bonchev–Trinajstić information content (AvgIpc) is 2.32. The zero-order chi connectivity index (χ0) is 15.3. The Hall–Kier alpha value is -1.14. The number of thioether (sulfide) groups is 1. The Morgan fingerprint density at radius 2 is 2.00 bits per heavy atom. The summed E-state index contributed by atoms with van der Waals surface area (Å²) in [6, 6.07) is 0. The van der Waals surface area contributed by atoms with Gasteiger partial charge in [-0.2, -0.15) is 0 Å². The van der Waals surface area contributed by atoms with Gasteiger partial charge in [0.1, 0.15) is 16.4 Å². The Kier molecular flexibility index (Phi) is 5.95. The summed E-state index contributed by atoms with van der Waals surface area (Å²) in [5, 5.41) is 9.80. The van der Waals surface area contributed by atoms with E-state index in [0.717, 1.165) is 0 Å². The summed E-state index contributed by atoms with van der Waals surface area (Å²) in [4.78, 5) is 19.8. The van der Waals surface area contributed by atoms with E-state index in [4.69, 9.17) is 4.74 Å². The van der Waals surface area contributed by atoms with E-state index in [0.29, 0.717) is 35.3 Å². The first-order valence-electron chi connectivity index (χ1n) is 6.62. The topological polar surface area (TPSA) is 72.3 Å². The molecule has 0 amide bonds. The Bertz CT molecular complexity index is 484. The molecule has 0 aliphatic heterocycles. The van der Waals surface area contributed by atoms with Crippen molar-refractivity contribution in [2.24, 2.45) is 0 Å². The van der Waals surface area contributed by atoms with Gasteiger partial charge in [-0.3, -0.25) is 0 Å². The monoisotopic (exact) mass is 298 g/mol. The first kappa shape index (κ1) is 16.9. The molecule has 1 rings (SSSR count). The van der Waals surface area contributed by atoms with Crippen molar-refractivity contribution in [2.75, 3.05) is 12.4 Å². The molecule has 5 nitrogen and oxygen atoms in total. The van der Waals surface area contributed by atoms with Crippen LogP contribution in [-0.2, 0) is 11.2 Å². The fourth-order valence-corrected chi connectivity index (χ4v) is 2.51. The van der Waals surface area contributed by atoms with Gasteiger partial charge in [-0.1, -0.05) is 6.92 Å². The number of carboxylic acid groups (broad SMARTS) is 1. The molecule has 0 atom stereocenters. The molecule has 0 saturated carbocycles. The minimum absolute atomic E-state index is 0.188. The van der Waals surface area contributed by atoms with Crippen molar-refractivity contribution in [1.29, 1.82) is 0 Å². The lowest BCUT2D eigenvalue weighted by atomic mass is 10.2. The molecular weight excluding hydrogens is 276 g/mol. The van der Waals surface area contributed by atoms with Crippen molar-refractivity contribution in [3.8, 4) is 0 Å². The number of aryl methyl sites for hydroxylation is 2. The molecule has 1 N–H and O–H groups in total. The summed E-state index contributed by atoms with van der Waals surface area (Å²) < 4.78 is 5.63.